The van der Waals surface area contributed by atoms with Gasteiger partial charge in [-0.25, -0.2) is 0 Å². The highest BCUT2D eigenvalue weighted by Crippen LogP contribution is 2.33. The van der Waals surface area contributed by atoms with Crippen molar-refractivity contribution in [2.75, 3.05) is 46.8 Å². The number of ether oxygens (including phenoxy) is 3. The summed E-state index contributed by atoms with van der Waals surface area (Å²) >= 11 is 0. The van der Waals surface area contributed by atoms with Crippen LogP contribution in [0.4, 0.5) is 5.69 Å². The number of methoxy groups -OCH3 is 2. The first-order valence-electron chi connectivity index (χ1n) is 12.1. The van der Waals surface area contributed by atoms with Gasteiger partial charge >= 0.3 is 0 Å². The Balaban J connectivity index is 1.45. The lowest BCUT2D eigenvalue weighted by Crippen LogP contribution is -2.19. The molecular formula is C31H32N2O4. The number of nitrogens with zero attached hydrogens (tertiary/aromatic N) is 1. The second-order valence-corrected chi connectivity index (χ2v) is 8.85. The molecule has 37 heavy (non-hydrogen) atoms. The van der Waals surface area contributed by atoms with Crippen LogP contribution in [0.15, 0.2) is 91.0 Å². The largest absolute Gasteiger partial charge is 0.497 e. The molecule has 4 aromatic rings. The van der Waals surface area contributed by atoms with Gasteiger partial charge in [-0.1, -0.05) is 36.4 Å². The molecule has 0 aliphatic carbocycles. The van der Waals surface area contributed by atoms with E-state index < -0.39 is 0 Å². The highest BCUT2D eigenvalue weighted by Gasteiger charge is 2.13. The number of likely N-dealkylation sites (N-methyl/N-ethyl adjacent to an activating group) is 1. The van der Waals surface area contributed by atoms with Crippen molar-refractivity contribution in [3.8, 4) is 39.5 Å². The molecule has 4 rings (SSSR count). The molecule has 6 heteroatoms. The third kappa shape index (κ3) is 6.68. The van der Waals surface area contributed by atoms with Crippen molar-refractivity contribution in [2.45, 2.75) is 0 Å². The summed E-state index contributed by atoms with van der Waals surface area (Å²) in [6, 6.07) is 28.9. The minimum atomic E-state index is -0.196. The number of anilines is 1. The molecule has 0 heterocycles. The Hall–Kier alpha value is -4.29. The monoisotopic (exact) mass is 496 g/mol. The topological polar surface area (TPSA) is 60.0 Å². The number of hydrogen-bond donors (Lipinski definition) is 1. The molecule has 1 amide bonds. The van der Waals surface area contributed by atoms with Gasteiger partial charge in [0.15, 0.2) is 0 Å². The van der Waals surface area contributed by atoms with E-state index in [0.29, 0.717) is 17.9 Å². The molecule has 0 saturated carbocycles. The molecule has 0 spiro atoms. The lowest BCUT2D eigenvalue weighted by atomic mass is 10.0. The second-order valence-electron chi connectivity index (χ2n) is 8.85. The Labute approximate surface area is 218 Å². The molecule has 0 atom stereocenters. The molecule has 0 unspecified atom stereocenters. The Morgan fingerprint density at radius 2 is 1.46 bits per heavy atom. The lowest BCUT2D eigenvalue weighted by molar-refractivity contribution is 0.102. The zero-order valence-corrected chi connectivity index (χ0v) is 21.7. The van der Waals surface area contributed by atoms with Gasteiger partial charge in [-0.05, 0) is 85.4 Å². The third-order valence-electron chi connectivity index (χ3n) is 5.98. The van der Waals surface area contributed by atoms with Gasteiger partial charge in [-0.2, -0.15) is 0 Å². The Kier molecular flexibility index (Phi) is 8.44. The van der Waals surface area contributed by atoms with E-state index in [4.69, 9.17) is 14.2 Å². The summed E-state index contributed by atoms with van der Waals surface area (Å²) in [5.74, 6) is 2.07. The first-order valence-corrected chi connectivity index (χ1v) is 12.1. The third-order valence-corrected chi connectivity index (χ3v) is 5.98. The summed E-state index contributed by atoms with van der Waals surface area (Å²) in [6.45, 7) is 1.52. The van der Waals surface area contributed by atoms with Gasteiger partial charge in [0.05, 0.1) is 14.2 Å². The maximum atomic E-state index is 13.0. The summed E-state index contributed by atoms with van der Waals surface area (Å²) in [4.78, 5) is 15.1. The van der Waals surface area contributed by atoms with Crippen LogP contribution in [-0.2, 0) is 0 Å². The van der Waals surface area contributed by atoms with Crippen LogP contribution in [0, 0.1) is 0 Å². The fourth-order valence-corrected chi connectivity index (χ4v) is 3.90. The van der Waals surface area contributed by atoms with Gasteiger partial charge in [-0.3, -0.25) is 4.79 Å². The highest BCUT2D eigenvalue weighted by molar-refractivity contribution is 6.05. The van der Waals surface area contributed by atoms with E-state index in [-0.39, 0.29) is 5.91 Å². The molecule has 0 aliphatic rings. The zero-order chi connectivity index (χ0) is 26.2. The van der Waals surface area contributed by atoms with Gasteiger partial charge in [0, 0.05) is 23.4 Å². The molecule has 0 fully saturated rings. The molecular weight excluding hydrogens is 464 g/mol. The van der Waals surface area contributed by atoms with E-state index in [1.807, 2.05) is 93.0 Å². The molecule has 190 valence electrons. The predicted molar refractivity (Wildman–Crippen MR) is 149 cm³/mol. The summed E-state index contributed by atoms with van der Waals surface area (Å²) in [5.41, 5.74) is 5.12. The second kappa shape index (κ2) is 12.1. The molecule has 0 aromatic heterocycles. The average molecular weight is 497 g/mol. The molecule has 0 aliphatic heterocycles. The van der Waals surface area contributed by atoms with Crippen LogP contribution < -0.4 is 19.5 Å². The smallest absolute Gasteiger partial charge is 0.255 e. The maximum Gasteiger partial charge on any atom is 0.255 e. The SMILES string of the molecule is COc1cccc(-c2cc(C(=O)Nc3ccc(-c4ccc(OCCN(C)C)cc4)cc3)ccc2OC)c1. The van der Waals surface area contributed by atoms with Crippen molar-refractivity contribution in [2.24, 2.45) is 0 Å². The molecule has 6 nitrogen and oxygen atoms in total. The standard InChI is InChI=1S/C31H32N2O4/c1-33(2)18-19-37-27-15-10-23(11-16-27)22-8-13-26(14-9-22)32-31(34)25-12-17-30(36-4)29(21-25)24-6-5-7-28(20-24)35-3/h5-17,20-21H,18-19H2,1-4H3,(H,32,34). The van der Waals surface area contributed by atoms with Crippen LogP contribution in [0.3, 0.4) is 0 Å². The molecule has 4 aromatic carbocycles. The maximum absolute atomic E-state index is 13.0. The normalized spacial score (nSPS) is 10.7. The first-order chi connectivity index (χ1) is 18.0. The van der Waals surface area contributed by atoms with Crippen molar-refractivity contribution >= 4 is 11.6 Å². The minimum Gasteiger partial charge on any atom is -0.497 e. The highest BCUT2D eigenvalue weighted by atomic mass is 16.5. The van der Waals surface area contributed by atoms with Crippen LogP contribution >= 0.6 is 0 Å². The number of rotatable bonds is 10. The minimum absolute atomic E-state index is 0.196. The number of benzene rings is 4. The van der Waals surface area contributed by atoms with Crippen molar-refractivity contribution < 1.29 is 19.0 Å². The van der Waals surface area contributed by atoms with Crippen molar-refractivity contribution in [3.63, 3.8) is 0 Å². The van der Waals surface area contributed by atoms with Crippen LogP contribution in [-0.4, -0.2) is 52.3 Å². The van der Waals surface area contributed by atoms with Gasteiger partial charge in [0.1, 0.15) is 23.9 Å². The average Bonchev–Trinajstić information content (AvgIpc) is 2.93. The number of carbonyl (C=O) groups is 1. The zero-order valence-electron chi connectivity index (χ0n) is 21.7. The fourth-order valence-electron chi connectivity index (χ4n) is 3.90. The van der Waals surface area contributed by atoms with E-state index in [1.165, 1.54) is 0 Å². The summed E-state index contributed by atoms with van der Waals surface area (Å²) < 4.78 is 16.7. The fraction of sp³-hybridized carbons (Fsp3) is 0.194. The van der Waals surface area contributed by atoms with Crippen LogP contribution in [0.2, 0.25) is 0 Å². The number of nitrogens with one attached hydrogen (secondary N) is 1. The van der Waals surface area contributed by atoms with Gasteiger partial charge in [0.2, 0.25) is 0 Å². The number of hydrogen-bond acceptors (Lipinski definition) is 5. The van der Waals surface area contributed by atoms with Gasteiger partial charge < -0.3 is 24.4 Å². The first kappa shape index (κ1) is 25.8. The molecule has 0 bridgehead atoms. The summed E-state index contributed by atoms with van der Waals surface area (Å²) in [7, 11) is 7.29. The molecule has 1 N–H and O–H groups in total. The van der Waals surface area contributed by atoms with E-state index in [9.17, 15) is 4.79 Å². The number of amides is 1. The Bertz CT molecular complexity index is 1330. The van der Waals surface area contributed by atoms with Crippen LogP contribution in [0.5, 0.6) is 17.2 Å². The van der Waals surface area contributed by atoms with Gasteiger partial charge in [0.25, 0.3) is 5.91 Å². The van der Waals surface area contributed by atoms with Gasteiger partial charge in [-0.15, -0.1) is 0 Å². The predicted octanol–water partition coefficient (Wildman–Crippen LogP) is 6.23. The van der Waals surface area contributed by atoms with Crippen LogP contribution in [0.25, 0.3) is 22.3 Å². The molecule has 0 saturated heterocycles. The van der Waals surface area contributed by atoms with Crippen molar-refractivity contribution in [1.82, 2.24) is 4.90 Å². The number of carbonyl (C=O) groups excluding carboxylic acids is 1. The quantitative estimate of drug-likeness (QED) is 0.282. The van der Waals surface area contributed by atoms with E-state index in [0.717, 1.165) is 46.0 Å². The summed E-state index contributed by atoms with van der Waals surface area (Å²) in [6.07, 6.45) is 0. The Morgan fingerprint density at radius 1 is 0.757 bits per heavy atom. The van der Waals surface area contributed by atoms with E-state index in [2.05, 4.69) is 10.2 Å². The lowest BCUT2D eigenvalue weighted by Gasteiger charge is -2.13. The van der Waals surface area contributed by atoms with Crippen molar-refractivity contribution in [3.05, 3.63) is 96.6 Å². The van der Waals surface area contributed by atoms with E-state index >= 15 is 0 Å². The van der Waals surface area contributed by atoms with Crippen LogP contribution in [0.1, 0.15) is 10.4 Å². The van der Waals surface area contributed by atoms with E-state index in [1.54, 1.807) is 26.4 Å². The molecule has 0 radical (unpaired) electrons. The van der Waals surface area contributed by atoms with Crippen molar-refractivity contribution in [1.29, 1.82) is 0 Å². The Morgan fingerprint density at radius 3 is 2.11 bits per heavy atom. The summed E-state index contributed by atoms with van der Waals surface area (Å²) in [5, 5.41) is 2.99.